The van der Waals surface area contributed by atoms with Crippen LogP contribution in [0.3, 0.4) is 0 Å². The van der Waals surface area contributed by atoms with Crippen molar-refractivity contribution in [1.29, 1.82) is 0 Å². The fourth-order valence-corrected chi connectivity index (χ4v) is 1.83. The summed E-state index contributed by atoms with van der Waals surface area (Å²) in [6.45, 7) is 2.40. The van der Waals surface area contributed by atoms with Gasteiger partial charge < -0.3 is 14.1 Å². The average Bonchev–Trinajstić information content (AvgIpc) is 2.55. The summed E-state index contributed by atoms with van der Waals surface area (Å²) in [7, 11) is 1.65. The number of aldehydes is 1. The number of aromatic nitrogens is 1. The summed E-state index contributed by atoms with van der Waals surface area (Å²) in [6.07, 6.45) is 0.913. The molecule has 1 aromatic heterocycles. The van der Waals surface area contributed by atoms with Crippen LogP contribution in [0.1, 0.15) is 5.69 Å². The zero-order chi connectivity index (χ0) is 10.8. The van der Waals surface area contributed by atoms with Gasteiger partial charge in [-0.3, -0.25) is 0 Å². The SMILES string of the molecule is COc1ccc2c(c1)cc(C)n2CC=O. The number of ether oxygens (including phenoxy) is 1. The predicted molar refractivity (Wildman–Crippen MR) is 59.3 cm³/mol. The fourth-order valence-electron chi connectivity index (χ4n) is 1.83. The number of carbonyl (C=O) groups excluding carboxylic acids is 1. The van der Waals surface area contributed by atoms with Gasteiger partial charge >= 0.3 is 0 Å². The van der Waals surface area contributed by atoms with E-state index in [1.165, 1.54) is 0 Å². The number of nitrogens with zero attached hydrogens (tertiary/aromatic N) is 1. The highest BCUT2D eigenvalue weighted by atomic mass is 16.5. The third-order valence-corrected chi connectivity index (χ3v) is 2.57. The average molecular weight is 203 g/mol. The van der Waals surface area contributed by atoms with Crippen molar-refractivity contribution in [2.45, 2.75) is 13.5 Å². The van der Waals surface area contributed by atoms with E-state index in [4.69, 9.17) is 4.74 Å². The van der Waals surface area contributed by atoms with Gasteiger partial charge in [-0.05, 0) is 31.2 Å². The van der Waals surface area contributed by atoms with Crippen LogP contribution >= 0.6 is 0 Å². The van der Waals surface area contributed by atoms with Crippen molar-refractivity contribution >= 4 is 17.2 Å². The van der Waals surface area contributed by atoms with E-state index in [9.17, 15) is 4.79 Å². The Hall–Kier alpha value is -1.77. The van der Waals surface area contributed by atoms with Gasteiger partial charge in [-0.2, -0.15) is 0 Å². The highest BCUT2D eigenvalue weighted by Gasteiger charge is 2.05. The molecule has 0 aliphatic rings. The second kappa shape index (κ2) is 3.77. The van der Waals surface area contributed by atoms with Gasteiger partial charge in [0.2, 0.25) is 0 Å². The molecule has 78 valence electrons. The van der Waals surface area contributed by atoms with E-state index in [1.807, 2.05) is 29.7 Å². The van der Waals surface area contributed by atoms with E-state index in [2.05, 4.69) is 6.07 Å². The van der Waals surface area contributed by atoms with Crippen molar-refractivity contribution in [3.05, 3.63) is 30.0 Å². The molecule has 0 aliphatic heterocycles. The Morgan fingerprint density at radius 3 is 2.87 bits per heavy atom. The van der Waals surface area contributed by atoms with Gasteiger partial charge in [0.15, 0.2) is 0 Å². The lowest BCUT2D eigenvalue weighted by atomic mass is 10.2. The van der Waals surface area contributed by atoms with Gasteiger partial charge in [-0.15, -0.1) is 0 Å². The Kier molecular flexibility index (Phi) is 2.46. The van der Waals surface area contributed by atoms with Crippen LogP contribution in [0.4, 0.5) is 0 Å². The maximum absolute atomic E-state index is 10.5. The number of benzene rings is 1. The summed E-state index contributed by atoms with van der Waals surface area (Å²) in [6, 6.07) is 7.92. The van der Waals surface area contributed by atoms with Crippen molar-refractivity contribution in [3.8, 4) is 5.75 Å². The molecule has 2 rings (SSSR count). The van der Waals surface area contributed by atoms with E-state index in [-0.39, 0.29) is 0 Å². The van der Waals surface area contributed by atoms with E-state index >= 15 is 0 Å². The zero-order valence-corrected chi connectivity index (χ0v) is 8.86. The number of carbonyl (C=O) groups is 1. The molecule has 0 spiro atoms. The zero-order valence-electron chi connectivity index (χ0n) is 8.86. The second-order valence-electron chi connectivity index (χ2n) is 3.49. The van der Waals surface area contributed by atoms with Crippen LogP contribution in [0.2, 0.25) is 0 Å². The molecule has 0 saturated heterocycles. The molecule has 0 unspecified atom stereocenters. The fraction of sp³-hybridized carbons (Fsp3) is 0.250. The first-order chi connectivity index (χ1) is 7.26. The first-order valence-corrected chi connectivity index (χ1v) is 4.84. The number of rotatable bonds is 3. The molecule has 2 aromatic rings. The smallest absolute Gasteiger partial charge is 0.139 e. The monoisotopic (exact) mass is 203 g/mol. The Morgan fingerprint density at radius 2 is 2.20 bits per heavy atom. The van der Waals surface area contributed by atoms with E-state index < -0.39 is 0 Å². The number of aryl methyl sites for hydroxylation is 1. The Morgan fingerprint density at radius 1 is 1.40 bits per heavy atom. The third-order valence-electron chi connectivity index (χ3n) is 2.57. The van der Waals surface area contributed by atoms with Crippen molar-refractivity contribution in [1.82, 2.24) is 4.57 Å². The van der Waals surface area contributed by atoms with Gasteiger partial charge in [0.25, 0.3) is 0 Å². The van der Waals surface area contributed by atoms with Gasteiger partial charge in [-0.25, -0.2) is 0 Å². The Bertz CT molecular complexity index is 500. The van der Waals surface area contributed by atoms with Crippen LogP contribution in [0.5, 0.6) is 5.75 Å². The maximum atomic E-state index is 10.5. The first kappa shape index (κ1) is 9.77. The minimum absolute atomic E-state index is 0.404. The molecular formula is C12H13NO2. The predicted octanol–water partition coefficient (Wildman–Crippen LogP) is 2.16. The van der Waals surface area contributed by atoms with Crippen LogP contribution in [0.25, 0.3) is 10.9 Å². The molecule has 0 bridgehead atoms. The summed E-state index contributed by atoms with van der Waals surface area (Å²) in [5.74, 6) is 0.839. The molecule has 3 heteroatoms. The number of hydrogen-bond acceptors (Lipinski definition) is 2. The standard InChI is InChI=1S/C12H13NO2/c1-9-7-10-8-11(15-2)3-4-12(10)13(9)5-6-14/h3-4,6-8H,5H2,1-2H3. The molecule has 0 atom stereocenters. The van der Waals surface area contributed by atoms with Crippen molar-refractivity contribution in [2.75, 3.05) is 7.11 Å². The van der Waals surface area contributed by atoms with Crippen molar-refractivity contribution in [3.63, 3.8) is 0 Å². The number of fused-ring (bicyclic) bond motifs is 1. The summed E-state index contributed by atoms with van der Waals surface area (Å²) >= 11 is 0. The highest BCUT2D eigenvalue weighted by molar-refractivity contribution is 5.83. The van der Waals surface area contributed by atoms with Gasteiger partial charge in [0.05, 0.1) is 13.7 Å². The second-order valence-corrected chi connectivity index (χ2v) is 3.49. The van der Waals surface area contributed by atoms with Gasteiger partial charge in [0, 0.05) is 16.6 Å². The maximum Gasteiger partial charge on any atom is 0.139 e. The van der Waals surface area contributed by atoms with Crippen molar-refractivity contribution < 1.29 is 9.53 Å². The van der Waals surface area contributed by atoms with E-state index in [0.717, 1.165) is 28.6 Å². The molecule has 0 amide bonds. The lowest BCUT2D eigenvalue weighted by Crippen LogP contribution is -2.00. The quantitative estimate of drug-likeness (QED) is 0.716. The van der Waals surface area contributed by atoms with E-state index in [0.29, 0.717) is 6.54 Å². The number of hydrogen-bond donors (Lipinski definition) is 0. The minimum Gasteiger partial charge on any atom is -0.497 e. The van der Waals surface area contributed by atoms with Crippen LogP contribution < -0.4 is 4.74 Å². The lowest BCUT2D eigenvalue weighted by Gasteiger charge is -2.03. The van der Waals surface area contributed by atoms with Crippen LogP contribution in [-0.2, 0) is 11.3 Å². The molecule has 1 aromatic carbocycles. The van der Waals surface area contributed by atoms with Crippen LogP contribution in [0, 0.1) is 6.92 Å². The van der Waals surface area contributed by atoms with Crippen LogP contribution in [0.15, 0.2) is 24.3 Å². The largest absolute Gasteiger partial charge is 0.497 e. The number of methoxy groups -OCH3 is 1. The molecule has 0 N–H and O–H groups in total. The van der Waals surface area contributed by atoms with Gasteiger partial charge in [0.1, 0.15) is 12.0 Å². The topological polar surface area (TPSA) is 31.2 Å². The Labute approximate surface area is 88.3 Å². The minimum atomic E-state index is 0.404. The summed E-state index contributed by atoms with van der Waals surface area (Å²) in [5, 5.41) is 1.11. The molecule has 0 radical (unpaired) electrons. The normalized spacial score (nSPS) is 10.5. The molecule has 0 aliphatic carbocycles. The molecule has 1 heterocycles. The summed E-state index contributed by atoms with van der Waals surface area (Å²) in [5.41, 5.74) is 2.16. The van der Waals surface area contributed by atoms with Gasteiger partial charge in [-0.1, -0.05) is 0 Å². The molecule has 0 fully saturated rings. The molecule has 0 saturated carbocycles. The first-order valence-electron chi connectivity index (χ1n) is 4.84. The summed E-state index contributed by atoms with van der Waals surface area (Å²) in [4.78, 5) is 10.5. The molecule has 15 heavy (non-hydrogen) atoms. The van der Waals surface area contributed by atoms with Crippen molar-refractivity contribution in [2.24, 2.45) is 0 Å². The molecular weight excluding hydrogens is 190 g/mol. The van der Waals surface area contributed by atoms with E-state index in [1.54, 1.807) is 7.11 Å². The Balaban J connectivity index is 2.62. The third kappa shape index (κ3) is 1.61. The summed E-state index contributed by atoms with van der Waals surface area (Å²) < 4.78 is 7.14. The highest BCUT2D eigenvalue weighted by Crippen LogP contribution is 2.23. The van der Waals surface area contributed by atoms with Crippen LogP contribution in [-0.4, -0.2) is 18.0 Å². The molecule has 3 nitrogen and oxygen atoms in total. The lowest BCUT2D eigenvalue weighted by molar-refractivity contribution is -0.108.